The SMILES string of the molecule is Cc1nnc(CSc2nc3ccccc3c(=O)n2CCC2=CCCCC2)o1. The molecule has 0 saturated carbocycles. The van der Waals surface area contributed by atoms with Gasteiger partial charge in [0, 0.05) is 13.5 Å². The first-order chi connectivity index (χ1) is 13.2. The van der Waals surface area contributed by atoms with Gasteiger partial charge < -0.3 is 4.42 Å². The summed E-state index contributed by atoms with van der Waals surface area (Å²) in [5.41, 5.74) is 2.19. The number of aromatic nitrogens is 4. The lowest BCUT2D eigenvalue weighted by atomic mass is 9.97. The molecule has 0 saturated heterocycles. The fourth-order valence-electron chi connectivity index (χ4n) is 3.36. The van der Waals surface area contributed by atoms with Gasteiger partial charge in [0.2, 0.25) is 11.8 Å². The summed E-state index contributed by atoms with van der Waals surface area (Å²) in [6.07, 6.45) is 8.03. The first-order valence-electron chi connectivity index (χ1n) is 9.30. The molecule has 0 N–H and O–H groups in total. The van der Waals surface area contributed by atoms with Gasteiger partial charge in [0.15, 0.2) is 5.16 Å². The second-order valence-electron chi connectivity index (χ2n) is 6.73. The predicted octanol–water partition coefficient (Wildman–Crippen LogP) is 4.27. The summed E-state index contributed by atoms with van der Waals surface area (Å²) in [4.78, 5) is 17.8. The van der Waals surface area contributed by atoms with E-state index in [2.05, 4.69) is 16.3 Å². The van der Waals surface area contributed by atoms with E-state index in [1.165, 1.54) is 30.2 Å². The zero-order valence-corrected chi connectivity index (χ0v) is 16.2. The van der Waals surface area contributed by atoms with E-state index in [0.717, 1.165) is 24.8 Å². The quantitative estimate of drug-likeness (QED) is 0.360. The molecule has 4 rings (SSSR count). The molecule has 1 aliphatic rings. The Morgan fingerprint density at radius 1 is 1.22 bits per heavy atom. The molecule has 140 valence electrons. The van der Waals surface area contributed by atoms with Crippen molar-refractivity contribution in [1.29, 1.82) is 0 Å². The molecular weight excluding hydrogens is 360 g/mol. The molecule has 0 unspecified atom stereocenters. The lowest BCUT2D eigenvalue weighted by Crippen LogP contribution is -2.24. The molecule has 0 atom stereocenters. The van der Waals surface area contributed by atoms with Gasteiger partial charge in [-0.3, -0.25) is 9.36 Å². The van der Waals surface area contributed by atoms with Crippen molar-refractivity contribution in [2.24, 2.45) is 0 Å². The van der Waals surface area contributed by atoms with Crippen LogP contribution in [0, 0.1) is 6.92 Å². The van der Waals surface area contributed by atoms with E-state index >= 15 is 0 Å². The highest BCUT2D eigenvalue weighted by atomic mass is 32.2. The Balaban J connectivity index is 1.64. The number of thioether (sulfide) groups is 1. The monoisotopic (exact) mass is 382 g/mol. The Hall–Kier alpha value is -2.41. The van der Waals surface area contributed by atoms with Crippen molar-refractivity contribution in [2.75, 3.05) is 0 Å². The average Bonchev–Trinajstić information content (AvgIpc) is 3.12. The summed E-state index contributed by atoms with van der Waals surface area (Å²) < 4.78 is 7.25. The topological polar surface area (TPSA) is 73.8 Å². The predicted molar refractivity (Wildman–Crippen MR) is 106 cm³/mol. The minimum atomic E-state index is 0.0150. The van der Waals surface area contributed by atoms with Crippen LogP contribution >= 0.6 is 11.8 Å². The maximum absolute atomic E-state index is 13.1. The summed E-state index contributed by atoms with van der Waals surface area (Å²) >= 11 is 1.47. The van der Waals surface area contributed by atoms with Gasteiger partial charge in [-0.2, -0.15) is 0 Å². The molecule has 2 aromatic heterocycles. The van der Waals surface area contributed by atoms with Gasteiger partial charge >= 0.3 is 0 Å². The number of para-hydroxylation sites is 1. The maximum Gasteiger partial charge on any atom is 0.262 e. The zero-order valence-electron chi connectivity index (χ0n) is 15.4. The van der Waals surface area contributed by atoms with Crippen LogP contribution < -0.4 is 5.56 Å². The molecule has 6 nitrogen and oxygen atoms in total. The highest BCUT2D eigenvalue weighted by Crippen LogP contribution is 2.24. The Bertz CT molecular complexity index is 1040. The third kappa shape index (κ3) is 4.13. The third-order valence-corrected chi connectivity index (χ3v) is 5.72. The Kier molecular flexibility index (Phi) is 5.38. The molecule has 7 heteroatoms. The second-order valence-corrected chi connectivity index (χ2v) is 7.67. The molecule has 3 aromatic rings. The van der Waals surface area contributed by atoms with Crippen molar-refractivity contribution in [3.05, 3.63) is 58.0 Å². The molecule has 2 heterocycles. The molecule has 0 aliphatic heterocycles. The van der Waals surface area contributed by atoms with E-state index in [9.17, 15) is 4.79 Å². The van der Waals surface area contributed by atoms with Gasteiger partial charge in [0.1, 0.15) is 0 Å². The van der Waals surface area contributed by atoms with Crippen LogP contribution in [0.4, 0.5) is 0 Å². The maximum atomic E-state index is 13.1. The molecule has 0 bridgehead atoms. The number of allylic oxidation sites excluding steroid dienone is 2. The number of hydrogen-bond donors (Lipinski definition) is 0. The van der Waals surface area contributed by atoms with Crippen LogP contribution in [0.1, 0.15) is 43.9 Å². The van der Waals surface area contributed by atoms with E-state index in [1.807, 2.05) is 24.3 Å². The van der Waals surface area contributed by atoms with Crippen molar-refractivity contribution in [3.63, 3.8) is 0 Å². The van der Waals surface area contributed by atoms with Crippen LogP contribution in [0.3, 0.4) is 0 Å². The van der Waals surface area contributed by atoms with Crippen molar-refractivity contribution in [3.8, 4) is 0 Å². The average molecular weight is 382 g/mol. The number of benzene rings is 1. The van der Waals surface area contributed by atoms with Crippen LogP contribution in [0.25, 0.3) is 10.9 Å². The highest BCUT2D eigenvalue weighted by molar-refractivity contribution is 7.98. The van der Waals surface area contributed by atoms with Crippen molar-refractivity contribution < 1.29 is 4.42 Å². The molecule has 1 aliphatic carbocycles. The van der Waals surface area contributed by atoms with Crippen LogP contribution in [-0.4, -0.2) is 19.7 Å². The summed E-state index contributed by atoms with van der Waals surface area (Å²) in [6, 6.07) is 7.51. The number of rotatable bonds is 6. The molecule has 0 spiro atoms. The normalized spacial score (nSPS) is 14.5. The molecule has 1 aromatic carbocycles. The summed E-state index contributed by atoms with van der Waals surface area (Å²) in [5.74, 6) is 1.58. The fraction of sp³-hybridized carbons (Fsp3) is 0.400. The number of nitrogens with zero attached hydrogens (tertiary/aromatic N) is 4. The van der Waals surface area contributed by atoms with Gasteiger partial charge in [-0.1, -0.05) is 35.5 Å². The second kappa shape index (κ2) is 8.08. The molecule has 0 amide bonds. The lowest BCUT2D eigenvalue weighted by molar-refractivity contribution is 0.485. The number of hydrogen-bond acceptors (Lipinski definition) is 6. The number of aryl methyl sites for hydroxylation is 1. The molecular formula is C20H22N4O2S. The van der Waals surface area contributed by atoms with Crippen LogP contribution in [0.2, 0.25) is 0 Å². The Morgan fingerprint density at radius 3 is 2.89 bits per heavy atom. The Labute approximate surface area is 161 Å². The van der Waals surface area contributed by atoms with Crippen molar-refractivity contribution in [2.45, 2.75) is 56.5 Å². The third-order valence-electron chi connectivity index (χ3n) is 4.76. The first-order valence-corrected chi connectivity index (χ1v) is 10.3. The van der Waals surface area contributed by atoms with Gasteiger partial charge in [0.05, 0.1) is 16.7 Å². The number of fused-ring (bicyclic) bond motifs is 1. The standard InChI is InChI=1S/C20H22N4O2S/c1-14-22-23-18(26-14)13-27-20-21-17-10-6-5-9-16(17)19(25)24(20)12-11-15-7-3-2-4-8-15/h5-7,9-10H,2-4,8,11-13H2,1H3. The summed E-state index contributed by atoms with van der Waals surface area (Å²) in [5, 5.41) is 9.25. The first kappa shape index (κ1) is 18.0. The lowest BCUT2D eigenvalue weighted by Gasteiger charge is -2.16. The smallest absolute Gasteiger partial charge is 0.262 e. The van der Waals surface area contributed by atoms with Crippen LogP contribution in [0.5, 0.6) is 0 Å². The van der Waals surface area contributed by atoms with E-state index in [1.54, 1.807) is 11.5 Å². The van der Waals surface area contributed by atoms with Crippen LogP contribution in [0.15, 0.2) is 50.3 Å². The Morgan fingerprint density at radius 2 is 2.11 bits per heavy atom. The van der Waals surface area contributed by atoms with Gasteiger partial charge in [-0.05, 0) is 44.2 Å². The van der Waals surface area contributed by atoms with Gasteiger partial charge in [-0.25, -0.2) is 4.98 Å². The summed E-state index contributed by atoms with van der Waals surface area (Å²) in [7, 11) is 0. The van der Waals surface area contributed by atoms with Crippen LogP contribution in [-0.2, 0) is 12.3 Å². The van der Waals surface area contributed by atoms with E-state index in [0.29, 0.717) is 34.6 Å². The van der Waals surface area contributed by atoms with Crippen molar-refractivity contribution >= 4 is 22.7 Å². The van der Waals surface area contributed by atoms with E-state index in [-0.39, 0.29) is 5.56 Å². The van der Waals surface area contributed by atoms with Crippen molar-refractivity contribution in [1.82, 2.24) is 19.7 Å². The fourth-order valence-corrected chi connectivity index (χ4v) is 4.23. The minimum Gasteiger partial charge on any atom is -0.425 e. The molecule has 0 radical (unpaired) electrons. The van der Waals surface area contributed by atoms with Gasteiger partial charge in [0.25, 0.3) is 5.56 Å². The molecule has 27 heavy (non-hydrogen) atoms. The largest absolute Gasteiger partial charge is 0.425 e. The van der Waals surface area contributed by atoms with E-state index < -0.39 is 0 Å². The van der Waals surface area contributed by atoms with E-state index in [4.69, 9.17) is 9.40 Å². The van der Waals surface area contributed by atoms with Gasteiger partial charge in [-0.15, -0.1) is 10.2 Å². The summed E-state index contributed by atoms with van der Waals surface area (Å²) in [6.45, 7) is 2.41. The zero-order chi connectivity index (χ0) is 18.6. The minimum absolute atomic E-state index is 0.0150. The highest BCUT2D eigenvalue weighted by Gasteiger charge is 2.14. The molecule has 0 fully saturated rings.